The Labute approximate surface area is 115 Å². The summed E-state index contributed by atoms with van der Waals surface area (Å²) in [6.45, 7) is 3.94. The smallest absolute Gasteiger partial charge is 0.124 e. The van der Waals surface area contributed by atoms with Crippen molar-refractivity contribution in [1.29, 1.82) is 0 Å². The van der Waals surface area contributed by atoms with Crippen LogP contribution < -0.4 is 10.1 Å². The number of allylic oxidation sites excluding steroid dienone is 1. The molecule has 1 unspecified atom stereocenters. The van der Waals surface area contributed by atoms with Crippen LogP contribution in [-0.2, 0) is 4.74 Å². The normalized spacial score (nSPS) is 16.4. The van der Waals surface area contributed by atoms with Gasteiger partial charge in [0.05, 0.1) is 19.8 Å². The maximum atomic E-state index is 5.83. The summed E-state index contributed by atoms with van der Waals surface area (Å²) < 4.78 is 11.3. The standard InChI is InChI=1S/C16H23NO2/c1-3-11-17-16(15-10-6-7-12-19-15)13-8-4-5-9-14(13)18-2/h4-5,8-10,16-17H,3,6-7,11-12H2,1-2H3. The van der Waals surface area contributed by atoms with E-state index in [4.69, 9.17) is 9.47 Å². The van der Waals surface area contributed by atoms with Crippen molar-refractivity contribution < 1.29 is 9.47 Å². The summed E-state index contributed by atoms with van der Waals surface area (Å²) in [6, 6.07) is 8.23. The van der Waals surface area contributed by atoms with Gasteiger partial charge in [0, 0.05) is 5.56 Å². The largest absolute Gasteiger partial charge is 0.496 e. The molecule has 0 fully saturated rings. The lowest BCUT2D eigenvalue weighted by molar-refractivity contribution is 0.167. The molecule has 0 bridgehead atoms. The minimum absolute atomic E-state index is 0.0939. The van der Waals surface area contributed by atoms with Crippen molar-refractivity contribution >= 4 is 0 Å². The molecule has 0 amide bonds. The molecule has 0 saturated carbocycles. The third kappa shape index (κ3) is 3.51. The van der Waals surface area contributed by atoms with Crippen molar-refractivity contribution in [2.24, 2.45) is 0 Å². The zero-order valence-electron chi connectivity index (χ0n) is 11.8. The SMILES string of the molecule is CCCNC(C1=CCCCO1)c1ccccc1OC. The topological polar surface area (TPSA) is 30.5 Å². The Balaban J connectivity index is 2.27. The van der Waals surface area contributed by atoms with E-state index in [0.717, 1.165) is 49.5 Å². The van der Waals surface area contributed by atoms with Crippen LogP contribution >= 0.6 is 0 Å². The molecule has 104 valence electrons. The predicted octanol–water partition coefficient (Wildman–Crippen LogP) is 3.43. The Kier molecular flexibility index (Phi) is 5.28. The van der Waals surface area contributed by atoms with Crippen molar-refractivity contribution in [3.8, 4) is 5.75 Å². The first kappa shape index (κ1) is 13.9. The van der Waals surface area contributed by atoms with Crippen LogP contribution in [0, 0.1) is 0 Å². The van der Waals surface area contributed by atoms with Gasteiger partial charge in [0.1, 0.15) is 11.5 Å². The second-order valence-electron chi connectivity index (χ2n) is 4.73. The number of nitrogens with one attached hydrogen (secondary N) is 1. The fraction of sp³-hybridized carbons (Fsp3) is 0.500. The highest BCUT2D eigenvalue weighted by atomic mass is 16.5. The molecule has 1 N–H and O–H groups in total. The molecule has 0 spiro atoms. The molecule has 0 radical (unpaired) electrons. The first-order valence-corrected chi connectivity index (χ1v) is 7.06. The van der Waals surface area contributed by atoms with E-state index in [0.29, 0.717) is 0 Å². The molecular formula is C16H23NO2. The van der Waals surface area contributed by atoms with Gasteiger partial charge in [0.2, 0.25) is 0 Å². The zero-order valence-corrected chi connectivity index (χ0v) is 11.8. The molecule has 1 atom stereocenters. The Morgan fingerprint density at radius 1 is 1.37 bits per heavy atom. The fourth-order valence-electron chi connectivity index (χ4n) is 2.34. The summed E-state index contributed by atoms with van der Waals surface area (Å²) in [4.78, 5) is 0. The Morgan fingerprint density at radius 2 is 2.21 bits per heavy atom. The maximum Gasteiger partial charge on any atom is 0.124 e. The van der Waals surface area contributed by atoms with Crippen LogP contribution in [0.1, 0.15) is 37.8 Å². The average molecular weight is 261 g/mol. The lowest BCUT2D eigenvalue weighted by atomic mass is 10.0. The molecule has 0 saturated heterocycles. The molecule has 3 heteroatoms. The van der Waals surface area contributed by atoms with E-state index in [1.165, 1.54) is 0 Å². The summed E-state index contributed by atoms with van der Waals surface area (Å²) >= 11 is 0. The van der Waals surface area contributed by atoms with Gasteiger partial charge >= 0.3 is 0 Å². The Bertz CT molecular complexity index is 429. The van der Waals surface area contributed by atoms with Crippen LogP contribution in [0.25, 0.3) is 0 Å². The highest BCUT2D eigenvalue weighted by Crippen LogP contribution is 2.32. The van der Waals surface area contributed by atoms with Gasteiger partial charge in [0.25, 0.3) is 0 Å². The minimum Gasteiger partial charge on any atom is -0.496 e. The number of hydrogen-bond donors (Lipinski definition) is 1. The van der Waals surface area contributed by atoms with Crippen molar-refractivity contribution in [3.05, 3.63) is 41.7 Å². The summed E-state index contributed by atoms with van der Waals surface area (Å²) in [5.41, 5.74) is 1.14. The van der Waals surface area contributed by atoms with Crippen molar-refractivity contribution in [2.45, 2.75) is 32.2 Å². The number of hydrogen-bond acceptors (Lipinski definition) is 3. The number of para-hydroxylation sites is 1. The first-order chi connectivity index (χ1) is 9.36. The third-order valence-corrected chi connectivity index (χ3v) is 3.30. The van der Waals surface area contributed by atoms with E-state index in [1.807, 2.05) is 18.2 Å². The number of benzene rings is 1. The number of ether oxygens (including phenoxy) is 2. The van der Waals surface area contributed by atoms with Gasteiger partial charge in [-0.25, -0.2) is 0 Å². The maximum absolute atomic E-state index is 5.83. The van der Waals surface area contributed by atoms with Crippen LogP contribution in [0.4, 0.5) is 0 Å². The molecule has 1 aliphatic heterocycles. The summed E-state index contributed by atoms with van der Waals surface area (Å²) in [5.74, 6) is 1.94. The third-order valence-electron chi connectivity index (χ3n) is 3.30. The number of rotatable bonds is 6. The fourth-order valence-corrected chi connectivity index (χ4v) is 2.34. The highest BCUT2D eigenvalue weighted by molar-refractivity contribution is 5.39. The molecule has 1 heterocycles. The summed E-state index contributed by atoms with van der Waals surface area (Å²) in [5, 5.41) is 3.56. The van der Waals surface area contributed by atoms with E-state index in [-0.39, 0.29) is 6.04 Å². The molecule has 3 nitrogen and oxygen atoms in total. The predicted molar refractivity (Wildman–Crippen MR) is 77.3 cm³/mol. The first-order valence-electron chi connectivity index (χ1n) is 7.06. The lowest BCUT2D eigenvalue weighted by Gasteiger charge is -2.26. The highest BCUT2D eigenvalue weighted by Gasteiger charge is 2.22. The Morgan fingerprint density at radius 3 is 2.89 bits per heavy atom. The average Bonchev–Trinajstić information content (AvgIpc) is 2.49. The van der Waals surface area contributed by atoms with Gasteiger partial charge in [-0.1, -0.05) is 25.1 Å². The minimum atomic E-state index is 0.0939. The van der Waals surface area contributed by atoms with Crippen molar-refractivity contribution in [3.63, 3.8) is 0 Å². The molecule has 1 aromatic rings. The van der Waals surface area contributed by atoms with E-state index < -0.39 is 0 Å². The van der Waals surface area contributed by atoms with Crippen molar-refractivity contribution in [1.82, 2.24) is 5.32 Å². The summed E-state index contributed by atoms with van der Waals surface area (Å²) in [6.07, 6.45) is 5.49. The van der Waals surface area contributed by atoms with E-state index in [2.05, 4.69) is 24.4 Å². The monoisotopic (exact) mass is 261 g/mol. The number of methoxy groups -OCH3 is 1. The molecule has 1 aliphatic rings. The molecule has 19 heavy (non-hydrogen) atoms. The molecule has 0 aliphatic carbocycles. The molecule has 0 aromatic heterocycles. The lowest BCUT2D eigenvalue weighted by Crippen LogP contribution is -2.26. The van der Waals surface area contributed by atoms with E-state index in [9.17, 15) is 0 Å². The van der Waals surface area contributed by atoms with Gasteiger partial charge < -0.3 is 14.8 Å². The second kappa shape index (κ2) is 7.19. The summed E-state index contributed by atoms with van der Waals surface area (Å²) in [7, 11) is 1.71. The van der Waals surface area contributed by atoms with Crippen molar-refractivity contribution in [2.75, 3.05) is 20.3 Å². The van der Waals surface area contributed by atoms with Gasteiger partial charge in [-0.3, -0.25) is 0 Å². The van der Waals surface area contributed by atoms with Crippen LogP contribution in [0.5, 0.6) is 5.75 Å². The van der Waals surface area contributed by atoms with Crippen LogP contribution in [0.15, 0.2) is 36.1 Å². The van der Waals surface area contributed by atoms with Gasteiger partial charge in [-0.2, -0.15) is 0 Å². The molecule has 2 rings (SSSR count). The van der Waals surface area contributed by atoms with Gasteiger partial charge in [0.15, 0.2) is 0 Å². The van der Waals surface area contributed by atoms with Gasteiger partial charge in [-0.05, 0) is 37.9 Å². The molecular weight excluding hydrogens is 238 g/mol. The van der Waals surface area contributed by atoms with E-state index in [1.54, 1.807) is 7.11 Å². The molecule has 1 aromatic carbocycles. The van der Waals surface area contributed by atoms with Gasteiger partial charge in [-0.15, -0.1) is 0 Å². The quantitative estimate of drug-likeness (QED) is 0.851. The second-order valence-corrected chi connectivity index (χ2v) is 4.73. The Hall–Kier alpha value is -1.48. The zero-order chi connectivity index (χ0) is 13.5. The van der Waals surface area contributed by atoms with E-state index >= 15 is 0 Å². The van der Waals surface area contributed by atoms with Crippen LogP contribution in [0.3, 0.4) is 0 Å². The van der Waals surface area contributed by atoms with Crippen LogP contribution in [-0.4, -0.2) is 20.3 Å². The van der Waals surface area contributed by atoms with Crippen LogP contribution in [0.2, 0.25) is 0 Å².